The summed E-state index contributed by atoms with van der Waals surface area (Å²) in [6.45, 7) is 6.97. The molecule has 2 N–H and O–H groups in total. The molecule has 0 spiro atoms. The summed E-state index contributed by atoms with van der Waals surface area (Å²) < 4.78 is 0. The first-order valence-electron chi connectivity index (χ1n) is 8.11. The standard InChI is InChI=1S/C18H26N2O2/c1-12(2)14-4-6-15(7-5-14)13(3)10-18(22)20-16-8-9-17(21)19-11-16/h4-7,12-13,16H,8-11H2,1-3H3,(H,19,21)(H,20,22)/t13-,16+/m0/s1. The molecule has 0 aliphatic carbocycles. The van der Waals surface area contributed by atoms with Gasteiger partial charge in [0.1, 0.15) is 0 Å². The number of piperidine rings is 1. The lowest BCUT2D eigenvalue weighted by atomic mass is 9.94. The van der Waals surface area contributed by atoms with E-state index < -0.39 is 0 Å². The van der Waals surface area contributed by atoms with Gasteiger partial charge in [-0.05, 0) is 29.4 Å². The van der Waals surface area contributed by atoms with Crippen LogP contribution in [0.15, 0.2) is 24.3 Å². The molecule has 0 radical (unpaired) electrons. The van der Waals surface area contributed by atoms with Crippen LogP contribution in [-0.2, 0) is 9.59 Å². The maximum Gasteiger partial charge on any atom is 0.220 e. The van der Waals surface area contributed by atoms with E-state index >= 15 is 0 Å². The Bertz CT molecular complexity index is 512. The zero-order valence-corrected chi connectivity index (χ0v) is 13.7. The molecule has 1 aromatic rings. The van der Waals surface area contributed by atoms with Crippen molar-refractivity contribution in [2.75, 3.05) is 6.54 Å². The van der Waals surface area contributed by atoms with E-state index in [0.29, 0.717) is 25.3 Å². The zero-order chi connectivity index (χ0) is 16.1. The van der Waals surface area contributed by atoms with Crippen LogP contribution in [0.5, 0.6) is 0 Å². The van der Waals surface area contributed by atoms with Crippen molar-refractivity contribution >= 4 is 11.8 Å². The van der Waals surface area contributed by atoms with Gasteiger partial charge in [0.25, 0.3) is 0 Å². The lowest BCUT2D eigenvalue weighted by Gasteiger charge is -2.24. The monoisotopic (exact) mass is 302 g/mol. The van der Waals surface area contributed by atoms with E-state index in [0.717, 1.165) is 6.42 Å². The molecule has 0 bridgehead atoms. The van der Waals surface area contributed by atoms with Gasteiger partial charge in [0.05, 0.1) is 0 Å². The van der Waals surface area contributed by atoms with Crippen LogP contribution < -0.4 is 10.6 Å². The highest BCUT2D eigenvalue weighted by molar-refractivity contribution is 5.79. The number of nitrogens with one attached hydrogen (secondary N) is 2. The van der Waals surface area contributed by atoms with E-state index in [1.54, 1.807) is 0 Å². The van der Waals surface area contributed by atoms with Crippen LogP contribution in [-0.4, -0.2) is 24.4 Å². The first kappa shape index (κ1) is 16.5. The van der Waals surface area contributed by atoms with Gasteiger partial charge in [0.15, 0.2) is 0 Å². The molecule has 4 heteroatoms. The Hall–Kier alpha value is -1.84. The lowest BCUT2D eigenvalue weighted by Crippen LogP contribution is -2.47. The first-order chi connectivity index (χ1) is 10.5. The highest BCUT2D eigenvalue weighted by Gasteiger charge is 2.20. The normalized spacial score (nSPS) is 19.6. The van der Waals surface area contributed by atoms with Crippen molar-refractivity contribution in [1.29, 1.82) is 0 Å². The average Bonchev–Trinajstić information content (AvgIpc) is 2.49. The fourth-order valence-electron chi connectivity index (χ4n) is 2.75. The first-order valence-corrected chi connectivity index (χ1v) is 8.11. The second kappa shape index (κ2) is 7.43. The molecule has 22 heavy (non-hydrogen) atoms. The van der Waals surface area contributed by atoms with Gasteiger partial charge in [-0.25, -0.2) is 0 Å². The number of carbonyl (C=O) groups is 2. The summed E-state index contributed by atoms with van der Waals surface area (Å²) in [5.74, 6) is 0.847. The van der Waals surface area contributed by atoms with E-state index in [1.807, 2.05) is 0 Å². The molecule has 1 fully saturated rings. The molecule has 0 unspecified atom stereocenters. The fraction of sp³-hybridized carbons (Fsp3) is 0.556. The van der Waals surface area contributed by atoms with Gasteiger partial charge < -0.3 is 10.6 Å². The topological polar surface area (TPSA) is 58.2 Å². The van der Waals surface area contributed by atoms with Crippen LogP contribution in [0.4, 0.5) is 0 Å². The Morgan fingerprint density at radius 1 is 1.23 bits per heavy atom. The second-order valence-corrected chi connectivity index (χ2v) is 6.53. The Balaban J connectivity index is 1.84. The van der Waals surface area contributed by atoms with Crippen molar-refractivity contribution in [3.63, 3.8) is 0 Å². The van der Waals surface area contributed by atoms with Gasteiger partial charge >= 0.3 is 0 Å². The van der Waals surface area contributed by atoms with E-state index in [9.17, 15) is 9.59 Å². The van der Waals surface area contributed by atoms with Crippen molar-refractivity contribution < 1.29 is 9.59 Å². The van der Waals surface area contributed by atoms with Crippen LogP contribution >= 0.6 is 0 Å². The SMILES string of the molecule is CC(C)c1ccc([C@@H](C)CC(=O)N[C@@H]2CCC(=O)NC2)cc1. The Morgan fingerprint density at radius 3 is 2.41 bits per heavy atom. The maximum absolute atomic E-state index is 12.1. The van der Waals surface area contributed by atoms with Crippen molar-refractivity contribution in [2.24, 2.45) is 0 Å². The number of hydrogen-bond acceptors (Lipinski definition) is 2. The molecule has 2 atom stereocenters. The molecule has 1 aliphatic rings. The molecular formula is C18H26N2O2. The molecule has 1 saturated heterocycles. The van der Waals surface area contributed by atoms with E-state index in [-0.39, 0.29) is 23.8 Å². The minimum Gasteiger partial charge on any atom is -0.354 e. The maximum atomic E-state index is 12.1. The minimum absolute atomic E-state index is 0.0570. The summed E-state index contributed by atoms with van der Waals surface area (Å²) in [6, 6.07) is 8.60. The highest BCUT2D eigenvalue weighted by atomic mass is 16.2. The molecule has 1 aromatic carbocycles. The van der Waals surface area contributed by atoms with Gasteiger partial charge in [-0.15, -0.1) is 0 Å². The van der Waals surface area contributed by atoms with Gasteiger partial charge in [0.2, 0.25) is 11.8 Å². The highest BCUT2D eigenvalue weighted by Crippen LogP contribution is 2.22. The van der Waals surface area contributed by atoms with Crippen LogP contribution in [0, 0.1) is 0 Å². The van der Waals surface area contributed by atoms with Crippen molar-refractivity contribution in [2.45, 2.75) is 57.9 Å². The molecule has 0 saturated carbocycles. The molecule has 1 heterocycles. The van der Waals surface area contributed by atoms with E-state index in [4.69, 9.17) is 0 Å². The van der Waals surface area contributed by atoms with Crippen molar-refractivity contribution in [1.82, 2.24) is 10.6 Å². The lowest BCUT2D eigenvalue weighted by molar-refractivity contribution is -0.125. The largest absolute Gasteiger partial charge is 0.354 e. The predicted molar refractivity (Wildman–Crippen MR) is 87.7 cm³/mol. The number of carbonyl (C=O) groups excluding carboxylic acids is 2. The zero-order valence-electron chi connectivity index (χ0n) is 13.7. The van der Waals surface area contributed by atoms with Crippen LogP contribution in [0.2, 0.25) is 0 Å². The van der Waals surface area contributed by atoms with Crippen LogP contribution in [0.3, 0.4) is 0 Å². The molecule has 2 amide bonds. The third-order valence-electron chi connectivity index (χ3n) is 4.29. The van der Waals surface area contributed by atoms with Crippen LogP contribution in [0.1, 0.15) is 63.0 Å². The Labute approximate surface area is 132 Å². The summed E-state index contributed by atoms with van der Waals surface area (Å²) in [5, 5.41) is 5.80. The number of rotatable bonds is 5. The van der Waals surface area contributed by atoms with Crippen LogP contribution in [0.25, 0.3) is 0 Å². The molecule has 2 rings (SSSR count). The summed E-state index contributed by atoms with van der Waals surface area (Å²) in [7, 11) is 0. The summed E-state index contributed by atoms with van der Waals surface area (Å²) >= 11 is 0. The quantitative estimate of drug-likeness (QED) is 0.878. The van der Waals surface area contributed by atoms with Gasteiger partial charge in [-0.1, -0.05) is 45.0 Å². The number of hydrogen-bond donors (Lipinski definition) is 2. The van der Waals surface area contributed by atoms with Crippen molar-refractivity contribution in [3.05, 3.63) is 35.4 Å². The Kier molecular flexibility index (Phi) is 5.58. The summed E-state index contributed by atoms with van der Waals surface area (Å²) in [4.78, 5) is 23.2. The minimum atomic E-state index is 0.0570. The Morgan fingerprint density at radius 2 is 1.86 bits per heavy atom. The van der Waals surface area contributed by atoms with Gasteiger partial charge in [0, 0.05) is 25.4 Å². The summed E-state index contributed by atoms with van der Waals surface area (Å²) in [5.41, 5.74) is 2.51. The molecule has 4 nitrogen and oxygen atoms in total. The third-order valence-corrected chi connectivity index (χ3v) is 4.29. The van der Waals surface area contributed by atoms with E-state index in [2.05, 4.69) is 55.7 Å². The average molecular weight is 302 g/mol. The molecular weight excluding hydrogens is 276 g/mol. The van der Waals surface area contributed by atoms with Crippen molar-refractivity contribution in [3.8, 4) is 0 Å². The molecule has 120 valence electrons. The van der Waals surface area contributed by atoms with Gasteiger partial charge in [-0.2, -0.15) is 0 Å². The number of amides is 2. The third kappa shape index (κ3) is 4.58. The molecule has 1 aliphatic heterocycles. The number of benzene rings is 1. The fourth-order valence-corrected chi connectivity index (χ4v) is 2.75. The smallest absolute Gasteiger partial charge is 0.220 e. The predicted octanol–water partition coefficient (Wildman–Crippen LogP) is 2.70. The van der Waals surface area contributed by atoms with Gasteiger partial charge in [-0.3, -0.25) is 9.59 Å². The van der Waals surface area contributed by atoms with E-state index in [1.165, 1.54) is 11.1 Å². The second-order valence-electron chi connectivity index (χ2n) is 6.53. The summed E-state index contributed by atoms with van der Waals surface area (Å²) in [6.07, 6.45) is 1.71. The molecule has 0 aromatic heterocycles.